The van der Waals surface area contributed by atoms with Crippen molar-refractivity contribution in [3.63, 3.8) is 0 Å². The minimum absolute atomic E-state index is 0.100. The number of alkyl halides is 3. The number of halogens is 3. The van der Waals surface area contributed by atoms with E-state index in [-0.39, 0.29) is 18.4 Å². The quantitative estimate of drug-likeness (QED) is 0.849. The van der Waals surface area contributed by atoms with Crippen molar-refractivity contribution in [2.45, 2.75) is 64.7 Å². The van der Waals surface area contributed by atoms with Gasteiger partial charge in [0.2, 0.25) is 0 Å². The lowest BCUT2D eigenvalue weighted by molar-refractivity contribution is -0.186. The average molecular weight is 280 g/mol. The molecule has 1 aliphatic heterocycles. The third-order valence-electron chi connectivity index (χ3n) is 3.83. The average Bonchev–Trinajstić information content (AvgIpc) is 2.26. The largest absolute Gasteiger partial charge is 0.391 e. The van der Waals surface area contributed by atoms with Gasteiger partial charge in [0.25, 0.3) is 0 Å². The van der Waals surface area contributed by atoms with Gasteiger partial charge in [-0.15, -0.1) is 0 Å². The van der Waals surface area contributed by atoms with Crippen LogP contribution in [0.1, 0.15) is 47.0 Å². The zero-order valence-electron chi connectivity index (χ0n) is 12.5. The number of hydrogen-bond donors (Lipinski definition) is 1. The van der Waals surface area contributed by atoms with Crippen molar-refractivity contribution in [2.75, 3.05) is 19.6 Å². The van der Waals surface area contributed by atoms with Gasteiger partial charge in [-0.1, -0.05) is 0 Å². The Morgan fingerprint density at radius 3 is 2.11 bits per heavy atom. The SMILES string of the molecule is CC(CCNC(C)(C)C)N1CCC(C(F)(F)F)CC1. The molecule has 0 aromatic carbocycles. The fourth-order valence-electron chi connectivity index (χ4n) is 2.51. The minimum atomic E-state index is -4.01. The summed E-state index contributed by atoms with van der Waals surface area (Å²) in [4.78, 5) is 2.19. The number of piperidine rings is 1. The number of nitrogens with one attached hydrogen (secondary N) is 1. The molecule has 1 atom stereocenters. The maximum Gasteiger partial charge on any atom is 0.391 e. The van der Waals surface area contributed by atoms with Crippen LogP contribution in [-0.4, -0.2) is 42.3 Å². The van der Waals surface area contributed by atoms with Crippen LogP contribution in [0.15, 0.2) is 0 Å². The first-order valence-corrected chi connectivity index (χ1v) is 7.15. The number of likely N-dealkylation sites (tertiary alicyclic amines) is 1. The van der Waals surface area contributed by atoms with Crippen molar-refractivity contribution in [3.8, 4) is 0 Å². The second kappa shape index (κ2) is 6.44. The summed E-state index contributed by atoms with van der Waals surface area (Å²) in [5, 5.41) is 3.42. The van der Waals surface area contributed by atoms with Crippen LogP contribution in [0.5, 0.6) is 0 Å². The van der Waals surface area contributed by atoms with Crippen molar-refractivity contribution in [3.05, 3.63) is 0 Å². The smallest absolute Gasteiger partial charge is 0.312 e. The summed E-state index contributed by atoms with van der Waals surface area (Å²) in [6.07, 6.45) is -2.53. The Morgan fingerprint density at radius 2 is 1.68 bits per heavy atom. The van der Waals surface area contributed by atoms with E-state index in [4.69, 9.17) is 0 Å². The van der Waals surface area contributed by atoms with Crippen LogP contribution < -0.4 is 5.32 Å². The molecule has 0 saturated carbocycles. The lowest BCUT2D eigenvalue weighted by Crippen LogP contribution is -2.45. The van der Waals surface area contributed by atoms with Crippen LogP contribution in [-0.2, 0) is 0 Å². The van der Waals surface area contributed by atoms with Crippen molar-refractivity contribution >= 4 is 0 Å². The maximum absolute atomic E-state index is 12.6. The van der Waals surface area contributed by atoms with Gasteiger partial charge in [-0.2, -0.15) is 13.2 Å². The van der Waals surface area contributed by atoms with E-state index >= 15 is 0 Å². The lowest BCUT2D eigenvalue weighted by Gasteiger charge is -2.37. The predicted octanol–water partition coefficient (Wildman–Crippen LogP) is 3.43. The normalized spacial score (nSPS) is 21.6. The lowest BCUT2D eigenvalue weighted by atomic mass is 9.95. The van der Waals surface area contributed by atoms with Crippen molar-refractivity contribution in [2.24, 2.45) is 5.92 Å². The van der Waals surface area contributed by atoms with Gasteiger partial charge >= 0.3 is 6.18 Å². The zero-order chi connectivity index (χ0) is 14.7. The molecule has 0 aliphatic carbocycles. The first-order valence-electron chi connectivity index (χ1n) is 7.15. The molecule has 114 valence electrons. The first kappa shape index (κ1) is 16.8. The molecule has 1 aliphatic rings. The van der Waals surface area contributed by atoms with Gasteiger partial charge in [-0.25, -0.2) is 0 Å². The summed E-state index contributed by atoms with van der Waals surface area (Å²) in [5.74, 6) is -1.09. The summed E-state index contributed by atoms with van der Waals surface area (Å²) in [6.45, 7) is 10.5. The second-order valence-corrected chi connectivity index (χ2v) is 6.67. The second-order valence-electron chi connectivity index (χ2n) is 6.67. The van der Waals surface area contributed by atoms with E-state index in [2.05, 4.69) is 37.9 Å². The Kier molecular flexibility index (Phi) is 5.68. The monoisotopic (exact) mass is 280 g/mol. The van der Waals surface area contributed by atoms with E-state index in [1.165, 1.54) is 0 Å². The van der Waals surface area contributed by atoms with E-state index < -0.39 is 12.1 Å². The van der Waals surface area contributed by atoms with E-state index in [1.807, 2.05) is 0 Å². The molecule has 0 aromatic rings. The molecule has 1 heterocycles. The molecule has 1 fully saturated rings. The van der Waals surface area contributed by atoms with Crippen LogP contribution in [0.3, 0.4) is 0 Å². The molecule has 0 bridgehead atoms. The Morgan fingerprint density at radius 1 is 1.16 bits per heavy atom. The molecule has 0 amide bonds. The molecular formula is C14H27F3N2. The molecule has 1 rings (SSSR count). The summed E-state index contributed by atoms with van der Waals surface area (Å²) >= 11 is 0. The van der Waals surface area contributed by atoms with Gasteiger partial charge in [0.05, 0.1) is 5.92 Å². The number of nitrogens with zero attached hydrogens (tertiary/aromatic N) is 1. The van der Waals surface area contributed by atoms with Gasteiger partial charge in [0.1, 0.15) is 0 Å². The van der Waals surface area contributed by atoms with Crippen molar-refractivity contribution in [1.82, 2.24) is 10.2 Å². The van der Waals surface area contributed by atoms with E-state index in [1.54, 1.807) is 0 Å². The van der Waals surface area contributed by atoms with Crippen LogP contribution >= 0.6 is 0 Å². The molecule has 0 aromatic heterocycles. The van der Waals surface area contributed by atoms with Gasteiger partial charge in [-0.05, 0) is 66.6 Å². The van der Waals surface area contributed by atoms with E-state index in [9.17, 15) is 13.2 Å². The highest BCUT2D eigenvalue weighted by Crippen LogP contribution is 2.34. The zero-order valence-corrected chi connectivity index (χ0v) is 12.5. The fraction of sp³-hybridized carbons (Fsp3) is 1.00. The molecule has 5 heteroatoms. The Bertz CT molecular complexity index is 263. The highest BCUT2D eigenvalue weighted by Gasteiger charge is 2.41. The summed E-state index contributed by atoms with van der Waals surface area (Å²) in [7, 11) is 0. The molecule has 1 unspecified atom stereocenters. The molecule has 2 nitrogen and oxygen atoms in total. The maximum atomic E-state index is 12.6. The standard InChI is InChI=1S/C14H27F3N2/c1-11(5-8-18-13(2,3)4)19-9-6-12(7-10-19)14(15,16)17/h11-12,18H,5-10H2,1-4H3. The minimum Gasteiger partial charge on any atom is -0.312 e. The molecule has 0 radical (unpaired) electrons. The van der Waals surface area contributed by atoms with E-state index in [0.717, 1.165) is 13.0 Å². The Hall–Kier alpha value is -0.290. The Labute approximate surface area is 114 Å². The molecule has 1 saturated heterocycles. The van der Waals surface area contributed by atoms with Gasteiger partial charge in [0.15, 0.2) is 0 Å². The Balaban J connectivity index is 2.27. The number of rotatable bonds is 4. The highest BCUT2D eigenvalue weighted by atomic mass is 19.4. The van der Waals surface area contributed by atoms with Crippen molar-refractivity contribution in [1.29, 1.82) is 0 Å². The summed E-state index contributed by atoms with van der Waals surface area (Å²) in [6, 6.07) is 0.351. The third kappa shape index (κ3) is 6.13. The molecular weight excluding hydrogens is 253 g/mol. The van der Waals surface area contributed by atoms with Crippen LogP contribution in [0.4, 0.5) is 13.2 Å². The van der Waals surface area contributed by atoms with Crippen LogP contribution in [0.2, 0.25) is 0 Å². The topological polar surface area (TPSA) is 15.3 Å². The van der Waals surface area contributed by atoms with Gasteiger partial charge < -0.3 is 10.2 Å². The summed E-state index contributed by atoms with van der Waals surface area (Å²) < 4.78 is 37.7. The van der Waals surface area contributed by atoms with Gasteiger partial charge in [0, 0.05) is 11.6 Å². The van der Waals surface area contributed by atoms with E-state index in [0.29, 0.717) is 19.1 Å². The highest BCUT2D eigenvalue weighted by molar-refractivity contribution is 4.80. The number of hydrogen-bond acceptors (Lipinski definition) is 2. The molecule has 0 spiro atoms. The van der Waals surface area contributed by atoms with Crippen LogP contribution in [0, 0.1) is 5.92 Å². The van der Waals surface area contributed by atoms with Crippen LogP contribution in [0.25, 0.3) is 0 Å². The third-order valence-corrected chi connectivity index (χ3v) is 3.83. The van der Waals surface area contributed by atoms with Crippen molar-refractivity contribution < 1.29 is 13.2 Å². The molecule has 1 N–H and O–H groups in total. The first-order chi connectivity index (χ1) is 8.59. The summed E-state index contributed by atoms with van der Waals surface area (Å²) in [5.41, 5.74) is 0.100. The van der Waals surface area contributed by atoms with Gasteiger partial charge in [-0.3, -0.25) is 0 Å². The fourth-order valence-corrected chi connectivity index (χ4v) is 2.51. The predicted molar refractivity (Wildman–Crippen MR) is 72.2 cm³/mol. The molecule has 19 heavy (non-hydrogen) atoms.